The highest BCUT2D eigenvalue weighted by Gasteiger charge is 2.29. The molecule has 0 radical (unpaired) electrons. The molecule has 1 fully saturated rings. The molecular weight excluding hydrogens is 396 g/mol. The van der Waals surface area contributed by atoms with E-state index in [4.69, 9.17) is 0 Å². The van der Waals surface area contributed by atoms with E-state index in [1.807, 2.05) is 6.07 Å². The Morgan fingerprint density at radius 3 is 2.70 bits per heavy atom. The van der Waals surface area contributed by atoms with Gasteiger partial charge < -0.3 is 15.5 Å². The summed E-state index contributed by atoms with van der Waals surface area (Å²) in [6, 6.07) is 2.00. The molecule has 0 aromatic carbocycles. The molecule has 1 saturated heterocycles. The second-order valence-electron chi connectivity index (χ2n) is 9.29. The van der Waals surface area contributed by atoms with E-state index in [2.05, 4.69) is 42.8 Å². The minimum Gasteiger partial charge on any atom is -0.477 e. The molecule has 0 atom stereocenters. The van der Waals surface area contributed by atoms with Gasteiger partial charge in [0.2, 0.25) is 0 Å². The van der Waals surface area contributed by atoms with Crippen LogP contribution < -0.4 is 5.32 Å². The number of rotatable bonds is 6. The fraction of sp³-hybridized carbons (Fsp3) is 0.625. The average molecular weight is 431 g/mol. The molecule has 3 heterocycles. The number of nitrogens with one attached hydrogen (secondary N) is 1. The van der Waals surface area contributed by atoms with Crippen molar-refractivity contribution in [3.63, 3.8) is 0 Å². The van der Waals surface area contributed by atoms with Crippen molar-refractivity contribution in [3.8, 4) is 11.8 Å². The van der Waals surface area contributed by atoms with E-state index in [0.29, 0.717) is 10.8 Å². The van der Waals surface area contributed by atoms with Crippen molar-refractivity contribution in [3.05, 3.63) is 27.0 Å². The number of carboxylic acid groups (broad SMARTS) is 1. The predicted molar refractivity (Wildman–Crippen MR) is 123 cm³/mol. The van der Waals surface area contributed by atoms with Gasteiger partial charge in [0.1, 0.15) is 4.88 Å². The van der Waals surface area contributed by atoms with Gasteiger partial charge in [0, 0.05) is 37.2 Å². The molecule has 0 bridgehead atoms. The van der Waals surface area contributed by atoms with Crippen LogP contribution in [0.25, 0.3) is 5.57 Å². The highest BCUT2D eigenvalue weighted by Crippen LogP contribution is 2.39. The predicted octanol–water partition coefficient (Wildman–Crippen LogP) is 3.69. The van der Waals surface area contributed by atoms with E-state index in [-0.39, 0.29) is 12.0 Å². The van der Waals surface area contributed by atoms with E-state index in [0.717, 1.165) is 68.8 Å². The van der Waals surface area contributed by atoms with Gasteiger partial charge in [-0.25, -0.2) is 4.79 Å². The highest BCUT2D eigenvalue weighted by molar-refractivity contribution is 7.14. The zero-order valence-corrected chi connectivity index (χ0v) is 19.2. The Labute approximate surface area is 184 Å². The second-order valence-corrected chi connectivity index (χ2v) is 10.3. The lowest BCUT2D eigenvalue weighted by atomic mass is 9.81. The molecular formula is C24H34N2O3S. The molecule has 1 aromatic heterocycles. The van der Waals surface area contributed by atoms with Gasteiger partial charge in [-0.05, 0) is 77.1 Å². The van der Waals surface area contributed by atoms with Crippen LogP contribution in [0.4, 0.5) is 0 Å². The maximum Gasteiger partial charge on any atom is 0.346 e. The molecule has 1 aromatic rings. The third kappa shape index (κ3) is 5.95. The highest BCUT2D eigenvalue weighted by atomic mass is 32.1. The van der Waals surface area contributed by atoms with Gasteiger partial charge in [0.15, 0.2) is 0 Å². The molecule has 2 aliphatic rings. The molecule has 30 heavy (non-hydrogen) atoms. The topological polar surface area (TPSA) is 72.8 Å². The molecule has 3 rings (SSSR count). The largest absolute Gasteiger partial charge is 0.477 e. The quantitative estimate of drug-likeness (QED) is 0.601. The van der Waals surface area contributed by atoms with Crippen LogP contribution in [-0.2, 0) is 0 Å². The van der Waals surface area contributed by atoms with E-state index < -0.39 is 5.97 Å². The van der Waals surface area contributed by atoms with Crippen LogP contribution >= 0.6 is 11.3 Å². The fourth-order valence-corrected chi connectivity index (χ4v) is 5.16. The number of thiophene rings is 1. The summed E-state index contributed by atoms with van der Waals surface area (Å²) in [6.07, 6.45) is 3.94. The molecule has 3 N–H and O–H groups in total. The lowest BCUT2D eigenvalue weighted by Gasteiger charge is -2.35. The van der Waals surface area contributed by atoms with E-state index in [1.54, 1.807) is 0 Å². The third-order valence-electron chi connectivity index (χ3n) is 5.74. The van der Waals surface area contributed by atoms with Crippen LogP contribution in [0.5, 0.6) is 0 Å². The van der Waals surface area contributed by atoms with Crippen molar-refractivity contribution in [1.29, 1.82) is 0 Å². The van der Waals surface area contributed by atoms with E-state index in [9.17, 15) is 15.0 Å². The van der Waals surface area contributed by atoms with Gasteiger partial charge in [-0.3, -0.25) is 4.90 Å². The number of nitrogens with zero attached hydrogens (tertiary/aromatic N) is 1. The lowest BCUT2D eigenvalue weighted by Crippen LogP contribution is -2.36. The molecule has 0 spiro atoms. The van der Waals surface area contributed by atoms with Crippen molar-refractivity contribution < 1.29 is 15.0 Å². The number of aliphatic hydroxyl groups is 1. The minimum absolute atomic E-state index is 0.126. The zero-order chi connectivity index (χ0) is 21.7. The molecule has 6 heteroatoms. The van der Waals surface area contributed by atoms with Gasteiger partial charge >= 0.3 is 5.97 Å². The first kappa shape index (κ1) is 23.0. The van der Waals surface area contributed by atoms with Gasteiger partial charge in [0.05, 0.1) is 4.88 Å². The first-order valence-corrected chi connectivity index (χ1v) is 11.8. The van der Waals surface area contributed by atoms with Crippen molar-refractivity contribution >= 4 is 22.9 Å². The monoisotopic (exact) mass is 430 g/mol. The Balaban J connectivity index is 2.03. The van der Waals surface area contributed by atoms with Crippen molar-refractivity contribution in [2.45, 2.75) is 46.5 Å². The first-order chi connectivity index (χ1) is 14.3. The van der Waals surface area contributed by atoms with Gasteiger partial charge in [-0.2, -0.15) is 0 Å². The number of carbonyl (C=O) groups is 1. The third-order valence-corrected chi connectivity index (χ3v) is 6.78. The Morgan fingerprint density at radius 2 is 2.07 bits per heavy atom. The molecule has 2 aliphatic heterocycles. The molecule has 5 nitrogen and oxygen atoms in total. The maximum atomic E-state index is 12.1. The summed E-state index contributed by atoms with van der Waals surface area (Å²) in [5, 5.41) is 22.6. The summed E-state index contributed by atoms with van der Waals surface area (Å²) >= 11 is 1.29. The molecule has 0 aliphatic carbocycles. The number of hydrogen-bond donors (Lipinski definition) is 3. The van der Waals surface area contributed by atoms with Crippen LogP contribution in [0.3, 0.4) is 0 Å². The van der Waals surface area contributed by atoms with Crippen LogP contribution in [0, 0.1) is 23.2 Å². The van der Waals surface area contributed by atoms with Gasteiger partial charge in [-0.1, -0.05) is 17.4 Å². The Hall–Kier alpha value is -1.65. The van der Waals surface area contributed by atoms with Crippen molar-refractivity contribution in [2.75, 3.05) is 39.3 Å². The fourth-order valence-electron chi connectivity index (χ4n) is 4.28. The number of piperidine rings is 1. The molecule has 0 amide bonds. The summed E-state index contributed by atoms with van der Waals surface area (Å²) < 4.78 is 0. The lowest BCUT2D eigenvalue weighted by molar-refractivity contribution is 0.0701. The number of hydrogen-bond acceptors (Lipinski definition) is 5. The summed E-state index contributed by atoms with van der Waals surface area (Å²) in [5.74, 6) is 6.09. The van der Waals surface area contributed by atoms with Crippen molar-refractivity contribution in [1.82, 2.24) is 10.2 Å². The number of aliphatic hydroxyl groups excluding tert-OH is 1. The number of aromatic carboxylic acids is 1. The van der Waals surface area contributed by atoms with Crippen LogP contribution in [-0.4, -0.2) is 60.4 Å². The Morgan fingerprint density at radius 1 is 1.33 bits per heavy atom. The summed E-state index contributed by atoms with van der Waals surface area (Å²) in [4.78, 5) is 15.7. The second kappa shape index (κ2) is 10.1. The Kier molecular flexibility index (Phi) is 7.75. The zero-order valence-electron chi connectivity index (χ0n) is 18.4. The summed E-state index contributed by atoms with van der Waals surface area (Å²) in [7, 11) is 0. The normalized spacial score (nSPS) is 18.9. The molecule has 164 valence electrons. The van der Waals surface area contributed by atoms with E-state index >= 15 is 0 Å². The minimum atomic E-state index is -0.872. The van der Waals surface area contributed by atoms with Crippen molar-refractivity contribution in [2.24, 2.45) is 11.3 Å². The van der Waals surface area contributed by atoms with E-state index in [1.165, 1.54) is 22.5 Å². The first-order valence-electron chi connectivity index (χ1n) is 10.9. The SMILES string of the molecule is CC(C)(C)C#Cc1cc(C2=C(C3CCNCC3)CCN(CCCO)C2)c(C(=O)O)s1. The maximum absolute atomic E-state index is 12.1. The Bertz CT molecular complexity index is 848. The molecule has 0 saturated carbocycles. The standard InChI is InChI=1S/C24H34N2O3S/c1-24(2,3)9-5-18-15-20(22(30-18)23(28)29)21-16-26(12-4-14-27)13-8-19(21)17-6-10-25-11-7-17/h15,17,25,27H,4,6-8,10-14,16H2,1-3H3,(H,28,29). The summed E-state index contributed by atoms with van der Waals surface area (Å²) in [5.41, 5.74) is 3.35. The molecule has 0 unspecified atom stereocenters. The van der Waals surface area contributed by atoms with Crippen LogP contribution in [0.1, 0.15) is 66.6 Å². The smallest absolute Gasteiger partial charge is 0.346 e. The average Bonchev–Trinajstić information content (AvgIpc) is 3.15. The van der Waals surface area contributed by atoms with Gasteiger partial charge in [0.25, 0.3) is 0 Å². The van der Waals surface area contributed by atoms with Crippen LogP contribution in [0.2, 0.25) is 0 Å². The van der Waals surface area contributed by atoms with Crippen LogP contribution in [0.15, 0.2) is 11.6 Å². The summed E-state index contributed by atoms with van der Waals surface area (Å²) in [6.45, 7) is 11.0. The van der Waals surface area contributed by atoms with Gasteiger partial charge in [-0.15, -0.1) is 11.3 Å². The number of carboxylic acids is 1.